The van der Waals surface area contributed by atoms with Crippen LogP contribution in [0.2, 0.25) is 5.02 Å². The van der Waals surface area contributed by atoms with Gasteiger partial charge in [0.1, 0.15) is 0 Å². The highest BCUT2D eigenvalue weighted by atomic mass is 35.5. The Morgan fingerprint density at radius 1 is 1.13 bits per heavy atom. The minimum atomic E-state index is -3.60. The Labute approximate surface area is 142 Å². The maximum Gasteiger partial charge on any atom is 0.307 e. The van der Waals surface area contributed by atoms with Crippen LogP contribution in [0, 0.1) is 0 Å². The molecule has 122 valence electrons. The molecule has 0 aliphatic heterocycles. The number of carbonyl (C=O) groups is 2. The molecule has 0 aliphatic rings. The second-order valence-electron chi connectivity index (χ2n) is 4.58. The Bertz CT molecular complexity index is 780. The van der Waals surface area contributed by atoms with E-state index in [1.165, 1.54) is 35.6 Å². The molecule has 1 heterocycles. The molecule has 1 aromatic carbocycles. The zero-order valence-corrected chi connectivity index (χ0v) is 14.3. The van der Waals surface area contributed by atoms with Crippen LogP contribution in [-0.2, 0) is 19.4 Å². The first-order valence-electron chi connectivity index (χ1n) is 6.59. The Hall–Kier alpha value is -1.70. The topological polar surface area (TPSA) is 77.5 Å². The van der Waals surface area contributed by atoms with Crippen LogP contribution in [0.5, 0.6) is 0 Å². The summed E-state index contributed by atoms with van der Waals surface area (Å²) < 4.78 is 28.9. The van der Waals surface area contributed by atoms with Gasteiger partial charge in [0, 0.05) is 5.02 Å². The number of halogens is 1. The van der Waals surface area contributed by atoms with Gasteiger partial charge in [-0.1, -0.05) is 17.7 Å². The molecule has 0 saturated heterocycles. The van der Waals surface area contributed by atoms with Crippen LogP contribution in [0.3, 0.4) is 0 Å². The molecule has 0 atom stereocenters. The molecule has 8 heteroatoms. The Morgan fingerprint density at radius 2 is 1.83 bits per heavy atom. The molecule has 23 heavy (non-hydrogen) atoms. The standard InChI is InChI=1S/C15H13ClO5S2/c16-11-3-5-12(6-4-11)23(19,20)9-7-15(18)21-10-13(17)14-2-1-8-22-14/h1-6,8H,7,9-10H2. The van der Waals surface area contributed by atoms with Crippen molar-refractivity contribution in [1.29, 1.82) is 0 Å². The van der Waals surface area contributed by atoms with Crippen LogP contribution in [0.25, 0.3) is 0 Å². The number of rotatable bonds is 7. The molecule has 0 N–H and O–H groups in total. The highest BCUT2D eigenvalue weighted by Crippen LogP contribution is 2.16. The second-order valence-corrected chi connectivity index (χ2v) is 8.08. The number of ether oxygens (including phenoxy) is 1. The molecule has 0 amide bonds. The van der Waals surface area contributed by atoms with Crippen molar-refractivity contribution in [1.82, 2.24) is 0 Å². The van der Waals surface area contributed by atoms with E-state index in [2.05, 4.69) is 0 Å². The summed E-state index contributed by atoms with van der Waals surface area (Å²) >= 11 is 6.95. The maximum absolute atomic E-state index is 12.1. The maximum atomic E-state index is 12.1. The van der Waals surface area contributed by atoms with Crippen molar-refractivity contribution in [2.24, 2.45) is 0 Å². The third kappa shape index (κ3) is 5.16. The van der Waals surface area contributed by atoms with Crippen molar-refractivity contribution in [3.05, 3.63) is 51.7 Å². The number of sulfone groups is 1. The highest BCUT2D eigenvalue weighted by molar-refractivity contribution is 7.91. The molecule has 0 bridgehead atoms. The van der Waals surface area contributed by atoms with Gasteiger partial charge in [0.05, 0.1) is 21.9 Å². The minimum Gasteiger partial charge on any atom is -0.457 e. The summed E-state index contributed by atoms with van der Waals surface area (Å²) in [6, 6.07) is 9.04. The van der Waals surface area contributed by atoms with E-state index >= 15 is 0 Å². The molecule has 0 saturated carbocycles. The first kappa shape index (κ1) is 17.7. The summed E-state index contributed by atoms with van der Waals surface area (Å²) in [7, 11) is -3.60. The van der Waals surface area contributed by atoms with Gasteiger partial charge in [0.15, 0.2) is 16.4 Å². The number of hydrogen-bond acceptors (Lipinski definition) is 6. The zero-order valence-electron chi connectivity index (χ0n) is 11.9. The molecule has 0 fully saturated rings. The SMILES string of the molecule is O=C(CCS(=O)(=O)c1ccc(Cl)cc1)OCC(=O)c1cccs1. The smallest absolute Gasteiger partial charge is 0.307 e. The number of ketones is 1. The molecule has 5 nitrogen and oxygen atoms in total. The zero-order chi connectivity index (χ0) is 16.9. The molecule has 1 aromatic heterocycles. The van der Waals surface area contributed by atoms with Crippen LogP contribution in [0.4, 0.5) is 0 Å². The largest absolute Gasteiger partial charge is 0.457 e. The van der Waals surface area contributed by atoms with Crippen molar-refractivity contribution in [2.45, 2.75) is 11.3 Å². The lowest BCUT2D eigenvalue weighted by atomic mass is 10.3. The van der Waals surface area contributed by atoms with Gasteiger partial charge in [-0.15, -0.1) is 11.3 Å². The van der Waals surface area contributed by atoms with Crippen LogP contribution >= 0.6 is 22.9 Å². The Morgan fingerprint density at radius 3 is 2.43 bits per heavy atom. The summed E-state index contributed by atoms with van der Waals surface area (Å²) in [6.07, 6.45) is -0.317. The van der Waals surface area contributed by atoms with Gasteiger partial charge >= 0.3 is 5.97 Å². The van der Waals surface area contributed by atoms with Crippen LogP contribution in [0.15, 0.2) is 46.7 Å². The number of carbonyl (C=O) groups excluding carboxylic acids is 2. The highest BCUT2D eigenvalue weighted by Gasteiger charge is 2.18. The van der Waals surface area contributed by atoms with Crippen molar-refractivity contribution >= 4 is 44.5 Å². The Balaban J connectivity index is 1.84. The minimum absolute atomic E-state index is 0.0874. The van der Waals surface area contributed by atoms with Gasteiger partial charge in [-0.05, 0) is 35.7 Å². The molecule has 2 aromatic rings. The third-order valence-corrected chi connectivity index (χ3v) is 5.80. The van der Waals surface area contributed by atoms with Crippen molar-refractivity contribution in [3.8, 4) is 0 Å². The first-order valence-corrected chi connectivity index (χ1v) is 9.50. The van der Waals surface area contributed by atoms with Gasteiger partial charge in [-0.25, -0.2) is 8.42 Å². The number of benzene rings is 1. The van der Waals surface area contributed by atoms with Gasteiger partial charge in [0.25, 0.3) is 0 Å². The van der Waals surface area contributed by atoms with E-state index < -0.39 is 15.8 Å². The van der Waals surface area contributed by atoms with Crippen molar-refractivity contribution < 1.29 is 22.7 Å². The lowest BCUT2D eigenvalue weighted by Crippen LogP contribution is -2.17. The third-order valence-electron chi connectivity index (χ3n) is 2.91. The van der Waals surface area contributed by atoms with E-state index in [1.54, 1.807) is 17.5 Å². The van der Waals surface area contributed by atoms with Crippen LogP contribution in [-0.4, -0.2) is 32.5 Å². The van der Waals surface area contributed by atoms with E-state index in [-0.39, 0.29) is 29.5 Å². The Kier molecular flexibility index (Phi) is 5.92. The van der Waals surface area contributed by atoms with E-state index in [1.807, 2.05) is 0 Å². The summed E-state index contributed by atoms with van der Waals surface area (Å²) in [5.74, 6) is -1.43. The quantitative estimate of drug-likeness (QED) is 0.551. The normalized spacial score (nSPS) is 11.2. The van der Waals surface area contributed by atoms with E-state index in [4.69, 9.17) is 16.3 Å². The second kappa shape index (κ2) is 7.72. The molecule has 2 rings (SSSR count). The van der Waals surface area contributed by atoms with Crippen LogP contribution in [0.1, 0.15) is 16.1 Å². The van der Waals surface area contributed by atoms with Gasteiger partial charge in [-0.3, -0.25) is 9.59 Å². The predicted molar refractivity (Wildman–Crippen MR) is 87.7 cm³/mol. The number of hydrogen-bond donors (Lipinski definition) is 0. The molecule has 0 spiro atoms. The lowest BCUT2D eigenvalue weighted by molar-refractivity contribution is -0.142. The molecule has 0 radical (unpaired) electrons. The van der Waals surface area contributed by atoms with Crippen LogP contribution < -0.4 is 0 Å². The summed E-state index contributed by atoms with van der Waals surface area (Å²) in [5, 5.41) is 2.17. The van der Waals surface area contributed by atoms with Gasteiger partial charge in [0.2, 0.25) is 5.78 Å². The van der Waals surface area contributed by atoms with Crippen molar-refractivity contribution in [3.63, 3.8) is 0 Å². The van der Waals surface area contributed by atoms with E-state index in [9.17, 15) is 18.0 Å². The molecular formula is C15H13ClO5S2. The first-order chi connectivity index (χ1) is 10.9. The number of Topliss-reactive ketones (excluding diaryl/α,β-unsaturated/α-hetero) is 1. The fourth-order valence-electron chi connectivity index (χ4n) is 1.70. The van der Waals surface area contributed by atoms with Gasteiger partial charge in [-0.2, -0.15) is 0 Å². The fourth-order valence-corrected chi connectivity index (χ4v) is 3.70. The number of thiophene rings is 1. The molecule has 0 unspecified atom stereocenters. The fraction of sp³-hybridized carbons (Fsp3) is 0.200. The number of esters is 1. The monoisotopic (exact) mass is 372 g/mol. The van der Waals surface area contributed by atoms with E-state index in [0.717, 1.165) is 0 Å². The molecular weight excluding hydrogens is 360 g/mol. The summed E-state index contributed by atoms with van der Waals surface area (Å²) in [6.45, 7) is -0.389. The molecule has 0 aliphatic carbocycles. The summed E-state index contributed by atoms with van der Waals surface area (Å²) in [4.78, 5) is 23.8. The average molecular weight is 373 g/mol. The lowest BCUT2D eigenvalue weighted by Gasteiger charge is -2.05. The van der Waals surface area contributed by atoms with E-state index in [0.29, 0.717) is 9.90 Å². The van der Waals surface area contributed by atoms with Gasteiger partial charge < -0.3 is 4.74 Å². The average Bonchev–Trinajstić information content (AvgIpc) is 3.05. The van der Waals surface area contributed by atoms with Crippen molar-refractivity contribution in [2.75, 3.05) is 12.4 Å². The summed E-state index contributed by atoms with van der Waals surface area (Å²) in [5.41, 5.74) is 0. The predicted octanol–water partition coefficient (Wildman–Crippen LogP) is 2.99.